The van der Waals surface area contributed by atoms with E-state index in [0.29, 0.717) is 18.4 Å². The van der Waals surface area contributed by atoms with E-state index in [1.54, 1.807) is 27.3 Å². The number of fused-ring (bicyclic) bond motifs is 3. The topological polar surface area (TPSA) is 171 Å². The molecule has 5 rings (SSSR count). The maximum absolute atomic E-state index is 13.9. The number of amides is 1. The van der Waals surface area contributed by atoms with Crippen molar-refractivity contribution < 1.29 is 39.5 Å². The zero-order valence-electron chi connectivity index (χ0n) is 22.5. The van der Waals surface area contributed by atoms with Gasteiger partial charge in [0.1, 0.15) is 28.6 Å². The summed E-state index contributed by atoms with van der Waals surface area (Å²) in [5.74, 6) is -5.86. The number of ketones is 2. The van der Waals surface area contributed by atoms with Crippen molar-refractivity contribution in [1.82, 2.24) is 4.90 Å². The fourth-order valence-electron chi connectivity index (χ4n) is 6.65. The first-order valence-corrected chi connectivity index (χ1v) is 13.0. The van der Waals surface area contributed by atoms with Crippen LogP contribution in [0, 0.1) is 11.8 Å². The average Bonchev–Trinajstić information content (AvgIpc) is 2.90. The van der Waals surface area contributed by atoms with E-state index in [4.69, 9.17) is 10.5 Å². The molecule has 0 aromatic heterocycles. The van der Waals surface area contributed by atoms with E-state index < -0.39 is 58.0 Å². The smallest absolute Gasteiger partial charge is 0.255 e. The molecule has 1 amide bonds. The molecular formula is C30H32N2O8. The Morgan fingerprint density at radius 2 is 1.85 bits per heavy atom. The number of benzene rings is 2. The number of ether oxygens (including phenoxy) is 1. The minimum Gasteiger partial charge on any atom is -0.508 e. The maximum atomic E-state index is 13.9. The molecule has 40 heavy (non-hydrogen) atoms. The van der Waals surface area contributed by atoms with E-state index in [-0.39, 0.29) is 29.7 Å². The molecule has 0 aliphatic heterocycles. The lowest BCUT2D eigenvalue weighted by Crippen LogP contribution is -2.65. The number of rotatable bonds is 6. The number of Topliss-reactive ketones (excluding diaryl/α,β-unsaturated/α-hetero) is 2. The summed E-state index contributed by atoms with van der Waals surface area (Å²) in [6, 6.07) is 9.79. The van der Waals surface area contributed by atoms with Crippen LogP contribution in [-0.2, 0) is 33.6 Å². The summed E-state index contributed by atoms with van der Waals surface area (Å²) in [4.78, 5) is 40.7. The van der Waals surface area contributed by atoms with Crippen molar-refractivity contribution in [1.29, 1.82) is 0 Å². The highest BCUT2D eigenvalue weighted by Crippen LogP contribution is 2.53. The van der Waals surface area contributed by atoms with Gasteiger partial charge >= 0.3 is 0 Å². The molecule has 2 aromatic rings. The lowest BCUT2D eigenvalue weighted by Gasteiger charge is -2.50. The van der Waals surface area contributed by atoms with Crippen molar-refractivity contribution in [3.63, 3.8) is 0 Å². The molecule has 0 bridgehead atoms. The summed E-state index contributed by atoms with van der Waals surface area (Å²) < 4.78 is 5.31. The molecule has 210 valence electrons. The Balaban J connectivity index is 1.60. The van der Waals surface area contributed by atoms with Crippen LogP contribution >= 0.6 is 0 Å². The Hall–Kier alpha value is -4.15. The number of primary amides is 1. The number of nitrogens with zero attached hydrogens (tertiary/aromatic N) is 1. The van der Waals surface area contributed by atoms with Crippen molar-refractivity contribution in [3.05, 3.63) is 75.6 Å². The van der Waals surface area contributed by atoms with E-state index in [1.165, 1.54) is 11.0 Å². The number of carbonyl (C=O) groups excluding carboxylic acids is 3. The fourth-order valence-corrected chi connectivity index (χ4v) is 6.65. The first-order chi connectivity index (χ1) is 18.9. The summed E-state index contributed by atoms with van der Waals surface area (Å²) in [6.07, 6.45) is 1.55. The van der Waals surface area contributed by atoms with Crippen LogP contribution in [0.15, 0.2) is 53.3 Å². The Kier molecular flexibility index (Phi) is 6.71. The molecule has 10 nitrogen and oxygen atoms in total. The van der Waals surface area contributed by atoms with Gasteiger partial charge in [0, 0.05) is 11.5 Å². The molecule has 10 heteroatoms. The first kappa shape index (κ1) is 27.4. The number of hydrogen-bond acceptors (Lipinski definition) is 9. The van der Waals surface area contributed by atoms with Gasteiger partial charge in [-0.1, -0.05) is 18.2 Å². The number of aryl methyl sites for hydroxylation is 2. The third-order valence-corrected chi connectivity index (χ3v) is 8.52. The minimum atomic E-state index is -2.65. The van der Waals surface area contributed by atoms with E-state index in [0.717, 1.165) is 16.9 Å². The number of phenolic OH excluding ortho intramolecular Hbond substituents is 1. The van der Waals surface area contributed by atoms with Gasteiger partial charge in [-0.15, -0.1) is 0 Å². The van der Waals surface area contributed by atoms with Crippen LogP contribution in [0.25, 0.3) is 5.76 Å². The lowest BCUT2D eigenvalue weighted by atomic mass is 9.57. The van der Waals surface area contributed by atoms with Crippen LogP contribution in [-0.4, -0.2) is 75.6 Å². The second kappa shape index (κ2) is 9.79. The SMILES string of the molecule is COc1cccc(CCc2ccc(O)c3c2C[C@@H]2C[C@H]4[C@H](N(C)C)C(=O)C(C(N)=O)=C(O)[C@@]4(O)C(=O)C2=C3O)c1. The molecule has 0 spiro atoms. The van der Waals surface area contributed by atoms with Gasteiger partial charge in [0.05, 0.1) is 18.7 Å². The number of phenols is 1. The third-order valence-electron chi connectivity index (χ3n) is 8.52. The zero-order valence-corrected chi connectivity index (χ0v) is 22.5. The van der Waals surface area contributed by atoms with Gasteiger partial charge in [0.2, 0.25) is 5.78 Å². The summed E-state index contributed by atoms with van der Waals surface area (Å²) in [5.41, 5.74) is 4.41. The largest absolute Gasteiger partial charge is 0.508 e. The van der Waals surface area contributed by atoms with E-state index in [2.05, 4.69) is 0 Å². The Labute approximate surface area is 231 Å². The van der Waals surface area contributed by atoms with Crippen LogP contribution in [0.2, 0.25) is 0 Å². The Morgan fingerprint density at radius 3 is 2.50 bits per heavy atom. The summed E-state index contributed by atoms with van der Waals surface area (Å²) in [7, 11) is 4.74. The molecule has 3 aliphatic carbocycles. The monoisotopic (exact) mass is 548 g/mol. The van der Waals surface area contributed by atoms with E-state index >= 15 is 0 Å². The van der Waals surface area contributed by atoms with Gasteiger partial charge in [0.15, 0.2) is 11.4 Å². The Bertz CT molecular complexity index is 1510. The second-order valence-electron chi connectivity index (χ2n) is 10.9. The van der Waals surface area contributed by atoms with E-state index in [9.17, 15) is 34.8 Å². The van der Waals surface area contributed by atoms with Crippen LogP contribution in [0.3, 0.4) is 0 Å². The van der Waals surface area contributed by atoms with Gasteiger partial charge in [-0.25, -0.2) is 0 Å². The van der Waals surface area contributed by atoms with Crippen molar-refractivity contribution in [2.24, 2.45) is 17.6 Å². The molecule has 0 radical (unpaired) electrons. The number of aliphatic hydroxyl groups is 3. The number of likely N-dealkylation sites (N-methyl/N-ethyl adjacent to an activating group) is 1. The zero-order chi connectivity index (χ0) is 29.1. The highest BCUT2D eigenvalue weighted by Gasteiger charge is 2.64. The molecule has 3 aliphatic rings. The average molecular weight is 549 g/mol. The molecule has 0 heterocycles. The molecule has 1 saturated carbocycles. The molecule has 2 aromatic carbocycles. The van der Waals surface area contributed by atoms with Crippen LogP contribution < -0.4 is 10.5 Å². The number of methoxy groups -OCH3 is 1. The summed E-state index contributed by atoms with van der Waals surface area (Å²) in [5, 5.41) is 44.8. The molecule has 6 N–H and O–H groups in total. The summed E-state index contributed by atoms with van der Waals surface area (Å²) >= 11 is 0. The van der Waals surface area contributed by atoms with Crippen molar-refractivity contribution in [2.45, 2.75) is 37.3 Å². The van der Waals surface area contributed by atoms with Crippen molar-refractivity contribution >= 4 is 23.2 Å². The van der Waals surface area contributed by atoms with Gasteiger partial charge in [0.25, 0.3) is 5.91 Å². The van der Waals surface area contributed by atoms with Crippen LogP contribution in [0.1, 0.15) is 28.7 Å². The molecular weight excluding hydrogens is 516 g/mol. The Morgan fingerprint density at radius 1 is 1.12 bits per heavy atom. The standard InChI is InChI=1S/C30H32N2O8/c1-32(2)24-19-13-16-12-18-15(8-7-14-5-4-6-17(11-14)40-3)9-10-20(33)22(18)25(34)21(16)27(36)30(19,39)28(37)23(26(24)35)29(31)38/h4-6,9-11,16,19,24,33-34,37,39H,7-8,12-13H2,1-3H3,(H2,31,38)/t16-,19+,24+,30+/m1/s1. The second-order valence-corrected chi connectivity index (χ2v) is 10.9. The number of aromatic hydroxyl groups is 1. The molecule has 0 saturated heterocycles. The first-order valence-electron chi connectivity index (χ1n) is 13.0. The molecule has 4 atom stereocenters. The minimum absolute atomic E-state index is 0.0523. The fraction of sp³-hybridized carbons (Fsp3) is 0.367. The van der Waals surface area contributed by atoms with Gasteiger partial charge < -0.3 is 30.9 Å². The van der Waals surface area contributed by atoms with Crippen molar-refractivity contribution in [3.8, 4) is 11.5 Å². The number of nitrogens with two attached hydrogens (primary N) is 1. The summed E-state index contributed by atoms with van der Waals surface area (Å²) in [6.45, 7) is 0. The number of hydrogen-bond donors (Lipinski definition) is 5. The normalized spacial score (nSPS) is 26.0. The number of carbonyl (C=O) groups is 3. The highest BCUT2D eigenvalue weighted by molar-refractivity contribution is 6.24. The van der Waals surface area contributed by atoms with Gasteiger partial charge in [-0.2, -0.15) is 0 Å². The van der Waals surface area contributed by atoms with Crippen LogP contribution in [0.5, 0.6) is 11.5 Å². The van der Waals surface area contributed by atoms with Crippen LogP contribution in [0.4, 0.5) is 0 Å². The predicted octanol–water partition coefficient (Wildman–Crippen LogP) is 1.76. The van der Waals surface area contributed by atoms with Crippen molar-refractivity contribution in [2.75, 3.05) is 21.2 Å². The quantitative estimate of drug-likeness (QED) is 0.338. The molecule has 1 fully saturated rings. The van der Waals surface area contributed by atoms with Gasteiger partial charge in [-0.05, 0) is 80.6 Å². The lowest BCUT2D eigenvalue weighted by molar-refractivity contribution is -0.153. The third kappa shape index (κ3) is 3.98. The predicted molar refractivity (Wildman–Crippen MR) is 145 cm³/mol. The highest BCUT2D eigenvalue weighted by atomic mass is 16.5. The maximum Gasteiger partial charge on any atom is 0.255 e. The van der Waals surface area contributed by atoms with Gasteiger partial charge in [-0.3, -0.25) is 19.3 Å². The molecule has 0 unspecified atom stereocenters. The van der Waals surface area contributed by atoms with E-state index in [1.807, 2.05) is 24.3 Å². The number of aliphatic hydroxyl groups excluding tert-OH is 2.